The van der Waals surface area contributed by atoms with Crippen LogP contribution in [-0.2, 0) is 6.54 Å². The number of nitrogens with two attached hydrogens (primary N) is 1. The molecule has 0 aliphatic rings. The molecule has 0 aromatic carbocycles. The van der Waals surface area contributed by atoms with Gasteiger partial charge in [-0.3, -0.25) is 4.98 Å². The quantitative estimate of drug-likeness (QED) is 0.790. The average Bonchev–Trinajstić information content (AvgIpc) is 2.79. The number of hydrogen-bond acceptors (Lipinski definition) is 4. The van der Waals surface area contributed by atoms with Crippen molar-refractivity contribution in [2.45, 2.75) is 6.54 Å². The number of thiocarbonyl (C=S) groups is 1. The Morgan fingerprint density at radius 1 is 1.44 bits per heavy atom. The lowest BCUT2D eigenvalue weighted by Crippen LogP contribution is -2.14. The van der Waals surface area contributed by atoms with Crippen molar-refractivity contribution in [1.82, 2.24) is 4.98 Å². The van der Waals surface area contributed by atoms with E-state index in [0.29, 0.717) is 12.2 Å². The Labute approximate surface area is 98.5 Å². The van der Waals surface area contributed by atoms with Gasteiger partial charge in [-0.1, -0.05) is 12.2 Å². The average molecular weight is 233 g/mol. The largest absolute Gasteiger partial charge is 0.467 e. The first-order valence-corrected chi connectivity index (χ1v) is 5.19. The van der Waals surface area contributed by atoms with Gasteiger partial charge in [0, 0.05) is 6.20 Å². The Kier molecular flexibility index (Phi) is 3.16. The molecule has 3 N–H and O–H groups in total. The van der Waals surface area contributed by atoms with Crippen LogP contribution in [0.25, 0.3) is 0 Å². The molecule has 5 heteroatoms. The van der Waals surface area contributed by atoms with Gasteiger partial charge in [-0.2, -0.15) is 0 Å². The predicted octanol–water partition coefficient (Wildman–Crippen LogP) is 1.92. The van der Waals surface area contributed by atoms with E-state index < -0.39 is 0 Å². The molecule has 2 rings (SSSR count). The second-order valence-corrected chi connectivity index (χ2v) is 3.64. The highest BCUT2D eigenvalue weighted by atomic mass is 32.1. The van der Waals surface area contributed by atoms with Gasteiger partial charge in [0.05, 0.1) is 18.5 Å². The summed E-state index contributed by atoms with van der Waals surface area (Å²) in [6, 6.07) is 7.44. The highest BCUT2D eigenvalue weighted by Crippen LogP contribution is 2.13. The van der Waals surface area contributed by atoms with E-state index in [9.17, 15) is 0 Å². The van der Waals surface area contributed by atoms with Gasteiger partial charge in [0.1, 0.15) is 16.4 Å². The first-order chi connectivity index (χ1) is 7.77. The lowest BCUT2D eigenvalue weighted by molar-refractivity contribution is 0.518. The van der Waals surface area contributed by atoms with Crippen LogP contribution < -0.4 is 11.1 Å². The minimum absolute atomic E-state index is 0.280. The van der Waals surface area contributed by atoms with Gasteiger partial charge in [-0.05, 0) is 24.3 Å². The van der Waals surface area contributed by atoms with Crippen LogP contribution in [0.3, 0.4) is 0 Å². The van der Waals surface area contributed by atoms with E-state index in [4.69, 9.17) is 22.4 Å². The summed E-state index contributed by atoms with van der Waals surface area (Å²) in [5.74, 6) is 0.845. The smallest absolute Gasteiger partial charge is 0.124 e. The maximum Gasteiger partial charge on any atom is 0.124 e. The van der Waals surface area contributed by atoms with Gasteiger partial charge in [0.25, 0.3) is 0 Å². The van der Waals surface area contributed by atoms with E-state index >= 15 is 0 Å². The molecular formula is C11H11N3OS. The highest BCUT2D eigenvalue weighted by molar-refractivity contribution is 7.80. The van der Waals surface area contributed by atoms with Gasteiger partial charge in [0.15, 0.2) is 0 Å². The van der Waals surface area contributed by atoms with E-state index in [1.54, 1.807) is 12.5 Å². The van der Waals surface area contributed by atoms with Crippen LogP contribution in [0.4, 0.5) is 5.69 Å². The topological polar surface area (TPSA) is 64.1 Å². The lowest BCUT2D eigenvalue weighted by Gasteiger charge is -2.08. The Morgan fingerprint density at radius 2 is 2.31 bits per heavy atom. The number of aromatic nitrogens is 1. The van der Waals surface area contributed by atoms with Crippen molar-refractivity contribution in [1.29, 1.82) is 0 Å². The third kappa shape index (κ3) is 2.38. The van der Waals surface area contributed by atoms with Crippen LogP contribution in [0.1, 0.15) is 11.5 Å². The molecule has 16 heavy (non-hydrogen) atoms. The summed E-state index contributed by atoms with van der Waals surface area (Å²) in [4.78, 5) is 4.40. The maximum absolute atomic E-state index is 5.57. The van der Waals surface area contributed by atoms with Gasteiger partial charge in [-0.25, -0.2) is 0 Å². The number of nitrogens with zero attached hydrogens (tertiary/aromatic N) is 1. The van der Waals surface area contributed by atoms with Crippen molar-refractivity contribution in [3.63, 3.8) is 0 Å². The van der Waals surface area contributed by atoms with Crippen LogP contribution >= 0.6 is 12.2 Å². The van der Waals surface area contributed by atoms with Crippen LogP contribution in [0.2, 0.25) is 0 Å². The molecule has 2 aromatic rings. The zero-order chi connectivity index (χ0) is 11.4. The molecule has 4 nitrogen and oxygen atoms in total. The molecule has 2 aromatic heterocycles. The molecule has 0 saturated carbocycles. The molecule has 0 bridgehead atoms. The molecule has 0 aliphatic heterocycles. The van der Waals surface area contributed by atoms with Crippen LogP contribution in [0, 0.1) is 0 Å². The molecule has 0 aliphatic carbocycles. The summed E-state index contributed by atoms with van der Waals surface area (Å²) < 4.78 is 5.21. The van der Waals surface area contributed by atoms with E-state index in [1.807, 2.05) is 24.3 Å². The van der Waals surface area contributed by atoms with Crippen molar-refractivity contribution >= 4 is 22.9 Å². The summed E-state index contributed by atoms with van der Waals surface area (Å²) in [6.45, 7) is 0.578. The first kappa shape index (κ1) is 10.6. The first-order valence-electron chi connectivity index (χ1n) is 4.78. The van der Waals surface area contributed by atoms with Crippen molar-refractivity contribution in [2.75, 3.05) is 5.32 Å². The van der Waals surface area contributed by atoms with Crippen LogP contribution in [0.5, 0.6) is 0 Å². The zero-order valence-electron chi connectivity index (χ0n) is 8.51. The van der Waals surface area contributed by atoms with E-state index in [2.05, 4.69) is 10.3 Å². The minimum Gasteiger partial charge on any atom is -0.467 e. The number of anilines is 1. The predicted molar refractivity (Wildman–Crippen MR) is 66.2 cm³/mol. The Balaban J connectivity index is 2.12. The van der Waals surface area contributed by atoms with Crippen molar-refractivity contribution in [3.8, 4) is 0 Å². The fraction of sp³-hybridized carbons (Fsp3) is 0.0909. The minimum atomic E-state index is 0.280. The molecule has 0 saturated heterocycles. The van der Waals surface area contributed by atoms with Gasteiger partial charge in [0.2, 0.25) is 0 Å². The van der Waals surface area contributed by atoms with E-state index in [0.717, 1.165) is 11.4 Å². The van der Waals surface area contributed by atoms with Gasteiger partial charge in [-0.15, -0.1) is 0 Å². The fourth-order valence-electron chi connectivity index (χ4n) is 1.34. The van der Waals surface area contributed by atoms with E-state index in [-0.39, 0.29) is 4.99 Å². The van der Waals surface area contributed by atoms with Crippen LogP contribution in [0.15, 0.2) is 41.1 Å². The molecule has 0 amide bonds. The third-order valence-electron chi connectivity index (χ3n) is 2.07. The van der Waals surface area contributed by atoms with Crippen molar-refractivity contribution in [2.24, 2.45) is 5.73 Å². The second kappa shape index (κ2) is 4.76. The summed E-state index contributed by atoms with van der Waals surface area (Å²) in [5.41, 5.74) is 6.98. The number of nitrogens with one attached hydrogen (secondary N) is 1. The number of hydrogen-bond donors (Lipinski definition) is 2. The monoisotopic (exact) mass is 233 g/mol. The Bertz CT molecular complexity index is 482. The summed E-state index contributed by atoms with van der Waals surface area (Å²) in [7, 11) is 0. The van der Waals surface area contributed by atoms with E-state index in [1.165, 1.54) is 0 Å². The molecule has 0 radical (unpaired) electrons. The number of rotatable bonds is 4. The van der Waals surface area contributed by atoms with Crippen LogP contribution in [-0.4, -0.2) is 9.97 Å². The standard InChI is InChI=1S/C11H11N3OS/c12-11(16)10-9(4-1-5-13-10)14-7-8-3-2-6-15-8/h1-6,14H,7H2,(H2,12,16). The normalized spacial score (nSPS) is 10.0. The molecule has 2 heterocycles. The Hall–Kier alpha value is -1.88. The van der Waals surface area contributed by atoms with Crippen molar-refractivity contribution < 1.29 is 4.42 Å². The molecule has 0 fully saturated rings. The zero-order valence-corrected chi connectivity index (χ0v) is 9.33. The van der Waals surface area contributed by atoms with Gasteiger partial charge < -0.3 is 15.5 Å². The van der Waals surface area contributed by atoms with Gasteiger partial charge >= 0.3 is 0 Å². The molecule has 0 spiro atoms. The van der Waals surface area contributed by atoms with Crippen molar-refractivity contribution in [3.05, 3.63) is 48.2 Å². The number of pyridine rings is 1. The summed E-state index contributed by atoms with van der Waals surface area (Å²) in [5, 5.41) is 3.17. The second-order valence-electron chi connectivity index (χ2n) is 3.20. The molecule has 0 unspecified atom stereocenters. The highest BCUT2D eigenvalue weighted by Gasteiger charge is 2.05. The summed E-state index contributed by atoms with van der Waals surface area (Å²) >= 11 is 4.92. The third-order valence-corrected chi connectivity index (χ3v) is 2.27. The fourth-order valence-corrected chi connectivity index (χ4v) is 1.50. The summed E-state index contributed by atoms with van der Waals surface area (Å²) in [6.07, 6.45) is 3.29. The molecule has 82 valence electrons. The maximum atomic E-state index is 5.57. The molecular weight excluding hydrogens is 222 g/mol. The SMILES string of the molecule is NC(=S)c1ncccc1NCc1ccco1. The Morgan fingerprint density at radius 3 is 3.00 bits per heavy atom. The molecule has 0 atom stereocenters. The lowest BCUT2D eigenvalue weighted by atomic mass is 10.3. The number of furan rings is 1.